The van der Waals surface area contributed by atoms with Crippen molar-refractivity contribution in [1.82, 2.24) is 19.6 Å². The molecule has 2 rings (SSSR count). The second kappa shape index (κ2) is 5.68. The minimum Gasteiger partial charge on any atom is -0.378 e. The van der Waals surface area contributed by atoms with Crippen LogP contribution in [0.4, 0.5) is 0 Å². The summed E-state index contributed by atoms with van der Waals surface area (Å²) in [5.41, 5.74) is 0. The fourth-order valence-corrected chi connectivity index (χ4v) is 2.90. The molecule has 106 valence electrons. The summed E-state index contributed by atoms with van der Waals surface area (Å²) in [4.78, 5) is 19.8. The van der Waals surface area contributed by atoms with Gasteiger partial charge in [-0.05, 0) is 6.92 Å². The van der Waals surface area contributed by atoms with Gasteiger partial charge in [0.2, 0.25) is 5.91 Å². The molecule has 0 aromatic carbocycles. The summed E-state index contributed by atoms with van der Waals surface area (Å²) in [5, 5.41) is -0.0610. The highest BCUT2D eigenvalue weighted by atomic mass is 32.2. The van der Waals surface area contributed by atoms with Crippen molar-refractivity contribution in [2.24, 2.45) is 0 Å². The van der Waals surface area contributed by atoms with Crippen molar-refractivity contribution in [2.75, 3.05) is 26.3 Å². The van der Waals surface area contributed by atoms with Gasteiger partial charge in [-0.3, -0.25) is 4.79 Å². The Kier molecular flexibility index (Phi) is 4.17. The number of carbonyl (C=O) groups excluding carboxylic acids is 1. The summed E-state index contributed by atoms with van der Waals surface area (Å²) < 4.78 is 31.3. The highest BCUT2D eigenvalue weighted by Crippen LogP contribution is 2.06. The molecule has 1 amide bonds. The van der Waals surface area contributed by atoms with Gasteiger partial charge in [0.15, 0.2) is 5.03 Å². The van der Waals surface area contributed by atoms with Crippen molar-refractivity contribution < 1.29 is 17.9 Å². The third kappa shape index (κ3) is 3.31. The molecule has 1 saturated heterocycles. The van der Waals surface area contributed by atoms with Gasteiger partial charge in [0.1, 0.15) is 0 Å². The Morgan fingerprint density at radius 2 is 2.21 bits per heavy atom. The number of morpholine rings is 1. The van der Waals surface area contributed by atoms with Gasteiger partial charge in [-0.25, -0.2) is 13.4 Å². The molecule has 0 bridgehead atoms. The quantitative estimate of drug-likeness (QED) is 0.734. The number of carbonyl (C=O) groups is 1. The highest BCUT2D eigenvalue weighted by Gasteiger charge is 2.27. The van der Waals surface area contributed by atoms with Gasteiger partial charge >= 0.3 is 0 Å². The zero-order valence-electron chi connectivity index (χ0n) is 10.5. The van der Waals surface area contributed by atoms with Crippen LogP contribution >= 0.6 is 0 Å². The molecule has 1 aliphatic heterocycles. The average Bonchev–Trinajstić information content (AvgIpc) is 2.93. The minimum absolute atomic E-state index is 0.0610. The second-order valence-electron chi connectivity index (χ2n) is 4.20. The molecular formula is C10H16N4O4S. The number of rotatable bonds is 4. The van der Waals surface area contributed by atoms with Crippen LogP contribution in [0, 0.1) is 0 Å². The van der Waals surface area contributed by atoms with Crippen molar-refractivity contribution in [2.45, 2.75) is 18.0 Å². The number of nitrogens with one attached hydrogen (secondary N) is 2. The molecule has 0 saturated carbocycles. The lowest BCUT2D eigenvalue weighted by atomic mass is 10.3. The van der Waals surface area contributed by atoms with Crippen LogP contribution < -0.4 is 4.72 Å². The van der Waals surface area contributed by atoms with Crippen LogP contribution in [-0.4, -0.2) is 61.5 Å². The zero-order valence-corrected chi connectivity index (χ0v) is 11.3. The number of imidazole rings is 1. The molecule has 1 atom stereocenters. The number of aromatic nitrogens is 2. The van der Waals surface area contributed by atoms with Crippen molar-refractivity contribution >= 4 is 15.9 Å². The van der Waals surface area contributed by atoms with Crippen molar-refractivity contribution in [1.29, 1.82) is 0 Å². The molecule has 1 fully saturated rings. The lowest BCUT2D eigenvalue weighted by Crippen LogP contribution is -2.50. The first-order valence-electron chi connectivity index (χ1n) is 5.88. The van der Waals surface area contributed by atoms with E-state index in [4.69, 9.17) is 4.74 Å². The number of ether oxygens (including phenoxy) is 1. The van der Waals surface area contributed by atoms with Crippen molar-refractivity contribution in [3.05, 3.63) is 12.5 Å². The van der Waals surface area contributed by atoms with Crippen LogP contribution in [0.2, 0.25) is 0 Å². The summed E-state index contributed by atoms with van der Waals surface area (Å²) in [7, 11) is -3.75. The fourth-order valence-electron chi connectivity index (χ4n) is 1.79. The number of aromatic amines is 1. The van der Waals surface area contributed by atoms with Crippen LogP contribution in [0.15, 0.2) is 17.6 Å². The van der Waals surface area contributed by atoms with Gasteiger partial charge in [0.25, 0.3) is 10.0 Å². The maximum absolute atomic E-state index is 12.1. The van der Waals surface area contributed by atoms with Gasteiger partial charge in [0, 0.05) is 13.1 Å². The third-order valence-electron chi connectivity index (χ3n) is 2.79. The van der Waals surface area contributed by atoms with Crippen LogP contribution in [-0.2, 0) is 19.6 Å². The monoisotopic (exact) mass is 288 g/mol. The number of amides is 1. The molecule has 19 heavy (non-hydrogen) atoms. The normalized spacial score (nSPS) is 18.3. The Bertz CT molecular complexity index is 522. The second-order valence-corrected chi connectivity index (χ2v) is 5.88. The molecule has 2 heterocycles. The molecule has 0 aliphatic carbocycles. The minimum atomic E-state index is -3.75. The first kappa shape index (κ1) is 14.0. The number of hydrogen-bond donors (Lipinski definition) is 2. The predicted molar refractivity (Wildman–Crippen MR) is 65.8 cm³/mol. The molecule has 1 aromatic rings. The smallest absolute Gasteiger partial charge is 0.258 e. The van der Waals surface area contributed by atoms with E-state index in [0.29, 0.717) is 26.3 Å². The van der Waals surface area contributed by atoms with Gasteiger partial charge < -0.3 is 14.6 Å². The molecule has 0 radical (unpaired) electrons. The topological polar surface area (TPSA) is 104 Å². The Morgan fingerprint density at radius 1 is 1.53 bits per heavy atom. The zero-order chi connectivity index (χ0) is 13.9. The van der Waals surface area contributed by atoms with Crippen LogP contribution in [0.5, 0.6) is 0 Å². The molecule has 1 aliphatic rings. The van der Waals surface area contributed by atoms with E-state index >= 15 is 0 Å². The summed E-state index contributed by atoms with van der Waals surface area (Å²) in [6, 6.07) is -0.827. The summed E-state index contributed by atoms with van der Waals surface area (Å²) >= 11 is 0. The lowest BCUT2D eigenvalue weighted by Gasteiger charge is -2.29. The molecule has 2 N–H and O–H groups in total. The largest absolute Gasteiger partial charge is 0.378 e. The van der Waals surface area contributed by atoms with Gasteiger partial charge in [-0.1, -0.05) is 0 Å². The van der Waals surface area contributed by atoms with E-state index in [1.807, 2.05) is 0 Å². The Hall–Kier alpha value is -1.45. The summed E-state index contributed by atoms with van der Waals surface area (Å²) in [6.07, 6.45) is 2.46. The van der Waals surface area contributed by atoms with Gasteiger partial charge in [-0.15, -0.1) is 0 Å². The predicted octanol–water partition coefficient (Wildman–Crippen LogP) is -1.06. The Morgan fingerprint density at radius 3 is 2.79 bits per heavy atom. The van der Waals surface area contributed by atoms with E-state index in [1.54, 1.807) is 4.90 Å². The number of hydrogen-bond acceptors (Lipinski definition) is 5. The summed E-state index contributed by atoms with van der Waals surface area (Å²) in [6.45, 7) is 3.44. The maximum atomic E-state index is 12.1. The maximum Gasteiger partial charge on any atom is 0.258 e. The molecule has 8 nitrogen and oxygen atoms in total. The van der Waals surface area contributed by atoms with Gasteiger partial charge in [0.05, 0.1) is 31.8 Å². The molecule has 0 spiro atoms. The number of H-pyrrole nitrogens is 1. The standard InChI is InChI=1S/C10H16N4O4S/c1-8(10(15)14-2-4-18-5-3-14)13-19(16,17)9-6-11-7-12-9/h6-8,13H,2-5H2,1H3,(H,11,12). The van der Waals surface area contributed by atoms with E-state index in [1.165, 1.54) is 19.4 Å². The van der Waals surface area contributed by atoms with Crippen LogP contribution in [0.25, 0.3) is 0 Å². The van der Waals surface area contributed by atoms with E-state index in [-0.39, 0.29) is 10.9 Å². The van der Waals surface area contributed by atoms with Crippen LogP contribution in [0.3, 0.4) is 0 Å². The summed E-state index contributed by atoms with van der Waals surface area (Å²) in [5.74, 6) is -0.258. The molecule has 1 unspecified atom stereocenters. The van der Waals surface area contributed by atoms with Crippen molar-refractivity contribution in [3.8, 4) is 0 Å². The van der Waals surface area contributed by atoms with E-state index in [9.17, 15) is 13.2 Å². The van der Waals surface area contributed by atoms with E-state index in [2.05, 4.69) is 14.7 Å². The lowest BCUT2D eigenvalue weighted by molar-refractivity contribution is -0.136. The van der Waals surface area contributed by atoms with E-state index in [0.717, 1.165) is 0 Å². The fraction of sp³-hybridized carbons (Fsp3) is 0.600. The van der Waals surface area contributed by atoms with Crippen molar-refractivity contribution in [3.63, 3.8) is 0 Å². The molecule has 1 aromatic heterocycles. The van der Waals surface area contributed by atoms with Gasteiger partial charge in [-0.2, -0.15) is 4.72 Å². The average molecular weight is 288 g/mol. The van der Waals surface area contributed by atoms with Crippen LogP contribution in [0.1, 0.15) is 6.92 Å². The Balaban J connectivity index is 2.00. The number of sulfonamides is 1. The SMILES string of the molecule is CC(NS(=O)(=O)c1cnc[nH]1)C(=O)N1CCOCC1. The molecule has 9 heteroatoms. The third-order valence-corrected chi connectivity index (χ3v) is 4.25. The molecular weight excluding hydrogens is 272 g/mol. The highest BCUT2D eigenvalue weighted by molar-refractivity contribution is 7.89. The first-order valence-corrected chi connectivity index (χ1v) is 7.36. The Labute approximate surface area is 111 Å². The number of nitrogens with zero attached hydrogens (tertiary/aromatic N) is 2. The first-order chi connectivity index (χ1) is 9.00. The van der Waals surface area contributed by atoms with E-state index < -0.39 is 16.1 Å².